The molecule has 1 aliphatic rings. The Morgan fingerprint density at radius 1 is 1.09 bits per heavy atom. The van der Waals surface area contributed by atoms with Gasteiger partial charge in [0.15, 0.2) is 5.82 Å². The molecule has 7 nitrogen and oxygen atoms in total. The molecule has 1 aliphatic heterocycles. The fourth-order valence-electron chi connectivity index (χ4n) is 4.10. The molecule has 176 valence electrons. The van der Waals surface area contributed by atoms with Crippen molar-refractivity contribution in [3.8, 4) is 5.75 Å². The summed E-state index contributed by atoms with van der Waals surface area (Å²) < 4.78 is 18.8. The molecule has 1 aromatic heterocycles. The van der Waals surface area contributed by atoms with E-state index in [1.54, 1.807) is 0 Å². The van der Waals surface area contributed by atoms with E-state index in [4.69, 9.17) is 4.74 Å². The molecule has 1 saturated heterocycles. The summed E-state index contributed by atoms with van der Waals surface area (Å²) in [5, 5.41) is 9.57. The molecular weight excluding hydrogens is 437 g/mol. The summed E-state index contributed by atoms with van der Waals surface area (Å²) >= 11 is 0. The maximum absolute atomic E-state index is 13.1. The monoisotopic (exact) mass is 463 g/mol. The van der Waals surface area contributed by atoms with Gasteiger partial charge in [-0.25, -0.2) is 19.2 Å². The average molecular weight is 464 g/mol. The van der Waals surface area contributed by atoms with Crippen molar-refractivity contribution >= 4 is 11.9 Å². The molecule has 0 aliphatic carbocycles. The summed E-state index contributed by atoms with van der Waals surface area (Å²) in [4.78, 5) is 35.4. The number of hydrogen-bond acceptors (Lipinski definition) is 5. The first kappa shape index (κ1) is 23.4. The second-order valence-corrected chi connectivity index (χ2v) is 8.22. The molecule has 1 fully saturated rings. The van der Waals surface area contributed by atoms with E-state index in [1.165, 1.54) is 30.5 Å². The molecule has 2 aromatic carbocycles. The van der Waals surface area contributed by atoms with Gasteiger partial charge in [0.1, 0.15) is 23.7 Å². The third-order valence-corrected chi connectivity index (χ3v) is 5.90. The van der Waals surface area contributed by atoms with Crippen molar-refractivity contribution in [3.63, 3.8) is 0 Å². The number of amides is 1. The fraction of sp³-hybridized carbons (Fsp3) is 0.308. The van der Waals surface area contributed by atoms with Gasteiger partial charge in [-0.05, 0) is 55.5 Å². The van der Waals surface area contributed by atoms with Gasteiger partial charge in [-0.1, -0.05) is 30.3 Å². The molecule has 1 atom stereocenters. The third-order valence-electron chi connectivity index (χ3n) is 5.90. The largest absolute Gasteiger partial charge is 0.487 e. The van der Waals surface area contributed by atoms with Crippen LogP contribution in [0.15, 0.2) is 60.8 Å². The van der Waals surface area contributed by atoms with E-state index in [9.17, 15) is 19.1 Å². The summed E-state index contributed by atoms with van der Waals surface area (Å²) in [6.45, 7) is 0.501. The van der Waals surface area contributed by atoms with Crippen LogP contribution < -0.4 is 4.74 Å². The molecular formula is C26H26FN3O4. The summed E-state index contributed by atoms with van der Waals surface area (Å²) in [6, 6.07) is 15.0. The second-order valence-electron chi connectivity index (χ2n) is 8.22. The molecule has 0 radical (unpaired) electrons. The summed E-state index contributed by atoms with van der Waals surface area (Å²) in [7, 11) is 0. The Labute approximate surface area is 197 Å². The lowest BCUT2D eigenvalue weighted by atomic mass is 9.99. The number of aromatic carboxylic acids is 1. The Balaban J connectivity index is 1.52. The maximum atomic E-state index is 13.1. The number of benzene rings is 2. The van der Waals surface area contributed by atoms with Crippen LogP contribution in [-0.4, -0.2) is 38.4 Å². The first-order valence-electron chi connectivity index (χ1n) is 11.3. The molecule has 4 rings (SSSR count). The maximum Gasteiger partial charge on any atom is 0.339 e. The lowest BCUT2D eigenvalue weighted by molar-refractivity contribution is -0.135. The van der Waals surface area contributed by atoms with Gasteiger partial charge >= 0.3 is 5.97 Å². The zero-order valence-corrected chi connectivity index (χ0v) is 18.7. The number of likely N-dealkylation sites (tertiary alicyclic amines) is 1. The third kappa shape index (κ3) is 5.75. The number of carboxylic acid groups (broad SMARTS) is 1. The molecule has 1 amide bonds. The van der Waals surface area contributed by atoms with Gasteiger partial charge in [-0.15, -0.1) is 0 Å². The predicted molar refractivity (Wildman–Crippen MR) is 123 cm³/mol. The van der Waals surface area contributed by atoms with E-state index in [2.05, 4.69) is 9.97 Å². The van der Waals surface area contributed by atoms with E-state index in [-0.39, 0.29) is 29.8 Å². The van der Waals surface area contributed by atoms with E-state index >= 15 is 0 Å². The number of carbonyl (C=O) groups is 2. The van der Waals surface area contributed by atoms with Crippen LogP contribution in [0.4, 0.5) is 4.39 Å². The highest BCUT2D eigenvalue weighted by molar-refractivity contribution is 5.88. The van der Waals surface area contributed by atoms with E-state index < -0.39 is 11.8 Å². The lowest BCUT2D eigenvalue weighted by Gasteiger charge is -2.35. The standard InChI is InChI=1S/C26H26FN3O4/c27-19-10-12-20(13-11-19)34-17-22-21(26(32)33)16-28-25(29-22)23-8-4-5-15-30(23)24(31)14-9-18-6-2-1-3-7-18/h1-3,6-7,10-13,16,23H,4-5,8-9,14-15,17H2,(H,32,33). The summed E-state index contributed by atoms with van der Waals surface area (Å²) in [5.41, 5.74) is 1.25. The number of carbonyl (C=O) groups excluding carboxylic acids is 1. The van der Waals surface area contributed by atoms with Crippen molar-refractivity contribution in [2.24, 2.45) is 0 Å². The number of nitrogens with zero attached hydrogens (tertiary/aromatic N) is 3. The number of rotatable bonds is 8. The van der Waals surface area contributed by atoms with Gasteiger partial charge in [-0.2, -0.15) is 0 Å². The van der Waals surface area contributed by atoms with E-state index in [1.807, 2.05) is 35.2 Å². The number of aromatic nitrogens is 2. The van der Waals surface area contributed by atoms with Crippen molar-refractivity contribution in [1.29, 1.82) is 0 Å². The Morgan fingerprint density at radius 2 is 1.85 bits per heavy atom. The molecule has 1 N–H and O–H groups in total. The number of ether oxygens (including phenoxy) is 1. The lowest BCUT2D eigenvalue weighted by Crippen LogP contribution is -2.39. The van der Waals surface area contributed by atoms with E-state index in [0.29, 0.717) is 37.4 Å². The van der Waals surface area contributed by atoms with Crippen LogP contribution in [0, 0.1) is 5.82 Å². The molecule has 3 aromatic rings. The predicted octanol–water partition coefficient (Wildman–Crippen LogP) is 4.58. The first-order valence-corrected chi connectivity index (χ1v) is 11.3. The highest BCUT2D eigenvalue weighted by atomic mass is 19.1. The number of halogens is 1. The zero-order chi connectivity index (χ0) is 23.9. The fourth-order valence-corrected chi connectivity index (χ4v) is 4.10. The van der Waals surface area contributed by atoms with Crippen molar-refractivity contribution in [1.82, 2.24) is 14.9 Å². The van der Waals surface area contributed by atoms with Gasteiger partial charge in [0.05, 0.1) is 11.7 Å². The second kappa shape index (κ2) is 10.9. The average Bonchev–Trinajstić information content (AvgIpc) is 2.87. The van der Waals surface area contributed by atoms with Crippen molar-refractivity contribution in [3.05, 3.63) is 89.3 Å². The number of carboxylic acids is 1. The minimum absolute atomic E-state index is 0.0311. The Kier molecular flexibility index (Phi) is 7.47. The highest BCUT2D eigenvalue weighted by Crippen LogP contribution is 2.30. The van der Waals surface area contributed by atoms with Crippen LogP contribution in [0.5, 0.6) is 5.75 Å². The first-order chi connectivity index (χ1) is 16.5. The van der Waals surface area contributed by atoms with Gasteiger partial charge in [-0.3, -0.25) is 4.79 Å². The SMILES string of the molecule is O=C(O)c1cnc(C2CCCCN2C(=O)CCc2ccccc2)nc1COc1ccc(F)cc1. The Bertz CT molecular complexity index is 1140. The van der Waals surface area contributed by atoms with Crippen LogP contribution in [0.1, 0.15) is 59.2 Å². The summed E-state index contributed by atoms with van der Waals surface area (Å²) in [6.07, 6.45) is 4.85. The smallest absolute Gasteiger partial charge is 0.339 e. The van der Waals surface area contributed by atoms with Gasteiger partial charge < -0.3 is 14.7 Å². The molecule has 2 heterocycles. The Morgan fingerprint density at radius 3 is 2.59 bits per heavy atom. The van der Waals surface area contributed by atoms with Crippen LogP contribution in [0.25, 0.3) is 0 Å². The topological polar surface area (TPSA) is 92.6 Å². The molecule has 0 bridgehead atoms. The quantitative estimate of drug-likeness (QED) is 0.526. The zero-order valence-electron chi connectivity index (χ0n) is 18.7. The normalized spacial score (nSPS) is 15.7. The molecule has 34 heavy (non-hydrogen) atoms. The number of piperidine rings is 1. The van der Waals surface area contributed by atoms with Gasteiger partial charge in [0, 0.05) is 19.2 Å². The van der Waals surface area contributed by atoms with Crippen molar-refractivity contribution in [2.75, 3.05) is 6.54 Å². The van der Waals surface area contributed by atoms with Crippen LogP contribution in [0.2, 0.25) is 0 Å². The van der Waals surface area contributed by atoms with Gasteiger partial charge in [0.25, 0.3) is 0 Å². The van der Waals surface area contributed by atoms with Crippen molar-refractivity contribution < 1.29 is 23.8 Å². The number of aryl methyl sites for hydroxylation is 1. The summed E-state index contributed by atoms with van der Waals surface area (Å²) in [5.74, 6) is -0.715. The van der Waals surface area contributed by atoms with Crippen LogP contribution >= 0.6 is 0 Å². The molecule has 1 unspecified atom stereocenters. The van der Waals surface area contributed by atoms with Crippen LogP contribution in [-0.2, 0) is 17.8 Å². The van der Waals surface area contributed by atoms with Crippen LogP contribution in [0.3, 0.4) is 0 Å². The van der Waals surface area contributed by atoms with E-state index in [0.717, 1.165) is 18.4 Å². The number of hydrogen-bond donors (Lipinski definition) is 1. The minimum Gasteiger partial charge on any atom is -0.487 e. The van der Waals surface area contributed by atoms with Crippen molar-refractivity contribution in [2.45, 2.75) is 44.8 Å². The highest BCUT2D eigenvalue weighted by Gasteiger charge is 2.30. The minimum atomic E-state index is -1.16. The Hall–Kier alpha value is -3.81. The molecule has 0 spiro atoms. The molecule has 8 heteroatoms. The van der Waals surface area contributed by atoms with Gasteiger partial charge in [0.2, 0.25) is 5.91 Å². The molecule has 0 saturated carbocycles.